The largest absolute Gasteiger partial charge is 0.493 e. The van der Waals surface area contributed by atoms with Crippen molar-refractivity contribution >= 4 is 0 Å². The highest BCUT2D eigenvalue weighted by atomic mass is 16.5. The predicted octanol–water partition coefficient (Wildman–Crippen LogP) is 2.27. The Kier molecular flexibility index (Phi) is 4.44. The quantitative estimate of drug-likeness (QED) is 0.892. The van der Waals surface area contributed by atoms with Gasteiger partial charge in [0.15, 0.2) is 11.5 Å². The fraction of sp³-hybridized carbons (Fsp3) is 0.571. The van der Waals surface area contributed by atoms with Crippen molar-refractivity contribution in [2.24, 2.45) is 5.73 Å². The third kappa shape index (κ3) is 2.94. The maximum atomic E-state index is 5.96. The summed E-state index contributed by atoms with van der Waals surface area (Å²) in [6.45, 7) is 3.41. The molecule has 2 rings (SSSR count). The summed E-state index contributed by atoms with van der Waals surface area (Å²) >= 11 is 0. The van der Waals surface area contributed by atoms with Crippen LogP contribution in [0.4, 0.5) is 0 Å². The van der Waals surface area contributed by atoms with Gasteiger partial charge in [-0.05, 0) is 25.8 Å². The number of nitrogens with two attached hydrogens (primary N) is 1. The summed E-state index contributed by atoms with van der Waals surface area (Å²) in [4.78, 5) is 0. The van der Waals surface area contributed by atoms with Gasteiger partial charge in [-0.3, -0.25) is 0 Å². The topological polar surface area (TPSA) is 53.7 Å². The number of methoxy groups -OCH3 is 1. The van der Waals surface area contributed by atoms with Crippen LogP contribution in [0.1, 0.15) is 31.4 Å². The molecular weight excluding hydrogens is 230 g/mol. The van der Waals surface area contributed by atoms with Crippen molar-refractivity contribution in [1.82, 2.24) is 0 Å². The third-order valence-corrected chi connectivity index (χ3v) is 3.12. The van der Waals surface area contributed by atoms with Crippen molar-refractivity contribution in [3.63, 3.8) is 0 Å². The highest BCUT2D eigenvalue weighted by molar-refractivity contribution is 5.48. The molecule has 0 spiro atoms. The lowest BCUT2D eigenvalue weighted by atomic mass is 10.1. The van der Waals surface area contributed by atoms with Gasteiger partial charge < -0.3 is 19.9 Å². The maximum Gasteiger partial charge on any atom is 0.165 e. The molecule has 0 radical (unpaired) electrons. The van der Waals surface area contributed by atoms with Crippen LogP contribution in [0.5, 0.6) is 11.5 Å². The molecule has 1 fully saturated rings. The number of ether oxygens (including phenoxy) is 3. The van der Waals surface area contributed by atoms with Crippen molar-refractivity contribution in [2.75, 3.05) is 20.3 Å². The summed E-state index contributed by atoms with van der Waals surface area (Å²) < 4.78 is 16.8. The van der Waals surface area contributed by atoms with Crippen molar-refractivity contribution in [3.05, 3.63) is 23.8 Å². The molecule has 4 heteroatoms. The number of benzene rings is 1. The summed E-state index contributed by atoms with van der Waals surface area (Å²) in [6.07, 6.45) is 2.17. The molecule has 1 aliphatic heterocycles. The fourth-order valence-corrected chi connectivity index (χ4v) is 2.19. The first-order valence-corrected chi connectivity index (χ1v) is 6.39. The minimum Gasteiger partial charge on any atom is -0.493 e. The molecule has 0 bridgehead atoms. The minimum absolute atomic E-state index is 0.0777. The van der Waals surface area contributed by atoms with Crippen LogP contribution in [0, 0.1) is 0 Å². The highest BCUT2D eigenvalue weighted by Gasteiger charge is 2.19. The molecule has 100 valence electrons. The zero-order valence-corrected chi connectivity index (χ0v) is 11.0. The summed E-state index contributed by atoms with van der Waals surface area (Å²) in [5.74, 6) is 1.49. The van der Waals surface area contributed by atoms with E-state index in [1.165, 1.54) is 0 Å². The van der Waals surface area contributed by atoms with E-state index in [2.05, 4.69) is 0 Å². The van der Waals surface area contributed by atoms with Gasteiger partial charge in [0.1, 0.15) is 6.10 Å². The average Bonchev–Trinajstić information content (AvgIpc) is 2.39. The summed E-state index contributed by atoms with van der Waals surface area (Å²) in [5.41, 5.74) is 6.90. The van der Waals surface area contributed by atoms with Gasteiger partial charge in [-0.15, -0.1) is 0 Å². The van der Waals surface area contributed by atoms with Crippen LogP contribution in [0.2, 0.25) is 0 Å². The first-order chi connectivity index (χ1) is 8.72. The Morgan fingerprint density at radius 2 is 2.28 bits per heavy atom. The van der Waals surface area contributed by atoms with Crippen LogP contribution in [-0.2, 0) is 4.74 Å². The van der Waals surface area contributed by atoms with Gasteiger partial charge in [0.25, 0.3) is 0 Å². The van der Waals surface area contributed by atoms with Gasteiger partial charge >= 0.3 is 0 Å². The lowest BCUT2D eigenvalue weighted by Gasteiger charge is -2.25. The Labute approximate surface area is 108 Å². The van der Waals surface area contributed by atoms with Crippen LogP contribution in [0.3, 0.4) is 0 Å². The Morgan fingerprint density at radius 3 is 2.89 bits per heavy atom. The molecular formula is C14H21NO3. The third-order valence-electron chi connectivity index (χ3n) is 3.12. The van der Waals surface area contributed by atoms with Crippen LogP contribution >= 0.6 is 0 Å². The number of hydrogen-bond donors (Lipinski definition) is 1. The highest BCUT2D eigenvalue weighted by Crippen LogP contribution is 2.35. The minimum atomic E-state index is -0.0777. The standard InChI is InChI=1S/C14H21NO3/c1-10(15)12-6-3-7-13(14(12)16-2)18-11-5-4-8-17-9-11/h3,6-7,10-11H,4-5,8-9,15H2,1-2H3. The van der Waals surface area contributed by atoms with Gasteiger partial charge in [-0.2, -0.15) is 0 Å². The molecule has 1 aromatic carbocycles. The van der Waals surface area contributed by atoms with Crippen LogP contribution < -0.4 is 15.2 Å². The van der Waals surface area contributed by atoms with Crippen molar-refractivity contribution in [3.8, 4) is 11.5 Å². The normalized spacial score (nSPS) is 21.4. The first kappa shape index (κ1) is 13.2. The molecule has 18 heavy (non-hydrogen) atoms. The summed E-state index contributed by atoms with van der Waals surface area (Å²) in [6, 6.07) is 5.75. The molecule has 0 aromatic heterocycles. The second-order valence-electron chi connectivity index (χ2n) is 4.62. The zero-order chi connectivity index (χ0) is 13.0. The second kappa shape index (κ2) is 6.07. The van der Waals surface area contributed by atoms with Gasteiger partial charge in [-0.25, -0.2) is 0 Å². The molecule has 1 saturated heterocycles. The summed E-state index contributed by atoms with van der Waals surface area (Å²) in [5, 5.41) is 0. The summed E-state index contributed by atoms with van der Waals surface area (Å²) in [7, 11) is 1.64. The monoisotopic (exact) mass is 251 g/mol. The number of rotatable bonds is 4. The molecule has 0 saturated carbocycles. The molecule has 1 heterocycles. The molecule has 2 N–H and O–H groups in total. The Morgan fingerprint density at radius 1 is 1.44 bits per heavy atom. The molecule has 2 unspecified atom stereocenters. The van der Waals surface area contributed by atoms with E-state index in [0.717, 1.165) is 36.5 Å². The Bertz CT molecular complexity index is 387. The maximum absolute atomic E-state index is 5.96. The van der Waals surface area contributed by atoms with Crippen LogP contribution in [0.25, 0.3) is 0 Å². The van der Waals surface area contributed by atoms with Gasteiger partial charge in [0.2, 0.25) is 0 Å². The van der Waals surface area contributed by atoms with E-state index in [1.54, 1.807) is 7.11 Å². The molecule has 4 nitrogen and oxygen atoms in total. The zero-order valence-electron chi connectivity index (χ0n) is 11.0. The average molecular weight is 251 g/mol. The molecule has 0 amide bonds. The lowest BCUT2D eigenvalue weighted by Crippen LogP contribution is -2.28. The van der Waals surface area contributed by atoms with Gasteiger partial charge in [0.05, 0.1) is 13.7 Å². The predicted molar refractivity (Wildman–Crippen MR) is 70.1 cm³/mol. The van der Waals surface area contributed by atoms with Gasteiger partial charge in [0, 0.05) is 18.2 Å². The van der Waals surface area contributed by atoms with E-state index < -0.39 is 0 Å². The van der Waals surface area contributed by atoms with E-state index in [9.17, 15) is 0 Å². The smallest absolute Gasteiger partial charge is 0.165 e. The number of para-hydroxylation sites is 1. The van der Waals surface area contributed by atoms with Crippen molar-refractivity contribution < 1.29 is 14.2 Å². The van der Waals surface area contributed by atoms with Crippen molar-refractivity contribution in [1.29, 1.82) is 0 Å². The van der Waals surface area contributed by atoms with Crippen LogP contribution in [0.15, 0.2) is 18.2 Å². The van der Waals surface area contributed by atoms with E-state index in [1.807, 2.05) is 25.1 Å². The Hall–Kier alpha value is -1.26. The Balaban J connectivity index is 2.18. The van der Waals surface area contributed by atoms with Crippen molar-refractivity contribution in [2.45, 2.75) is 31.9 Å². The van der Waals surface area contributed by atoms with E-state index >= 15 is 0 Å². The second-order valence-corrected chi connectivity index (χ2v) is 4.62. The van der Waals surface area contributed by atoms with E-state index in [-0.39, 0.29) is 12.1 Å². The fourth-order valence-electron chi connectivity index (χ4n) is 2.19. The lowest BCUT2D eigenvalue weighted by molar-refractivity contribution is 0.00638. The molecule has 1 aliphatic rings. The van der Waals surface area contributed by atoms with Gasteiger partial charge in [-0.1, -0.05) is 12.1 Å². The van der Waals surface area contributed by atoms with Crippen LogP contribution in [-0.4, -0.2) is 26.4 Å². The number of hydrogen-bond acceptors (Lipinski definition) is 4. The molecule has 0 aliphatic carbocycles. The molecule has 1 aromatic rings. The van der Waals surface area contributed by atoms with E-state index in [4.69, 9.17) is 19.9 Å². The SMILES string of the molecule is COc1c(OC2CCCOC2)cccc1C(C)N. The molecule has 2 atom stereocenters. The first-order valence-electron chi connectivity index (χ1n) is 6.39. The van der Waals surface area contributed by atoms with E-state index in [0.29, 0.717) is 6.61 Å².